The molecule has 174 valence electrons. The number of carbonyl (C=O) groups excluding carboxylic acids is 1. The van der Waals surface area contributed by atoms with Crippen LogP contribution in [0, 0.1) is 0 Å². The van der Waals surface area contributed by atoms with E-state index in [0.717, 1.165) is 52.0 Å². The molecule has 0 saturated carbocycles. The van der Waals surface area contributed by atoms with Gasteiger partial charge in [0.1, 0.15) is 5.75 Å². The molecule has 0 bridgehead atoms. The SMILES string of the molecule is CCCc1ccc(-c2csc(NC(=O)c3cc(-c4ccc(OC)cc4)nc4ccccc34)n2)cc1. The van der Waals surface area contributed by atoms with E-state index in [1.807, 2.05) is 60.0 Å². The van der Waals surface area contributed by atoms with Gasteiger partial charge in [-0.1, -0.05) is 55.8 Å². The van der Waals surface area contributed by atoms with Gasteiger partial charge in [0.2, 0.25) is 0 Å². The quantitative estimate of drug-likeness (QED) is 0.267. The third-order valence-electron chi connectivity index (χ3n) is 5.86. The van der Waals surface area contributed by atoms with Gasteiger partial charge in [0.05, 0.1) is 29.6 Å². The van der Waals surface area contributed by atoms with Crippen LogP contribution < -0.4 is 10.1 Å². The number of fused-ring (bicyclic) bond motifs is 1. The molecule has 0 atom stereocenters. The highest BCUT2D eigenvalue weighted by molar-refractivity contribution is 7.14. The molecule has 0 aliphatic carbocycles. The number of benzene rings is 3. The Bertz CT molecular complexity index is 1470. The average molecular weight is 480 g/mol. The van der Waals surface area contributed by atoms with Crippen molar-refractivity contribution in [3.8, 4) is 28.3 Å². The van der Waals surface area contributed by atoms with Crippen molar-refractivity contribution >= 4 is 33.3 Å². The van der Waals surface area contributed by atoms with Gasteiger partial charge in [-0.15, -0.1) is 11.3 Å². The van der Waals surface area contributed by atoms with Crippen LogP contribution >= 0.6 is 11.3 Å². The minimum atomic E-state index is -0.211. The van der Waals surface area contributed by atoms with E-state index >= 15 is 0 Å². The fourth-order valence-electron chi connectivity index (χ4n) is 4.03. The van der Waals surface area contributed by atoms with Crippen LogP contribution in [0.25, 0.3) is 33.4 Å². The Balaban J connectivity index is 1.43. The van der Waals surface area contributed by atoms with Crippen molar-refractivity contribution in [2.45, 2.75) is 19.8 Å². The van der Waals surface area contributed by atoms with Gasteiger partial charge < -0.3 is 4.74 Å². The molecule has 5 aromatic rings. The first-order valence-corrected chi connectivity index (χ1v) is 12.4. The van der Waals surface area contributed by atoms with Crippen molar-refractivity contribution in [3.05, 3.63) is 95.4 Å². The van der Waals surface area contributed by atoms with E-state index in [4.69, 9.17) is 9.72 Å². The second-order valence-electron chi connectivity index (χ2n) is 8.24. The molecule has 3 aromatic carbocycles. The molecule has 0 fully saturated rings. The number of para-hydroxylation sites is 1. The molecule has 6 heteroatoms. The molecule has 5 nitrogen and oxygen atoms in total. The molecule has 0 aliphatic heterocycles. The molecule has 1 amide bonds. The van der Waals surface area contributed by atoms with Crippen LogP contribution in [0.5, 0.6) is 5.75 Å². The van der Waals surface area contributed by atoms with E-state index in [2.05, 4.69) is 41.5 Å². The second-order valence-corrected chi connectivity index (χ2v) is 9.10. The van der Waals surface area contributed by atoms with Gasteiger partial charge in [-0.3, -0.25) is 10.1 Å². The molecule has 35 heavy (non-hydrogen) atoms. The number of ether oxygens (including phenoxy) is 1. The van der Waals surface area contributed by atoms with Crippen LogP contribution in [-0.4, -0.2) is 23.0 Å². The number of hydrogen-bond donors (Lipinski definition) is 1. The lowest BCUT2D eigenvalue weighted by Gasteiger charge is -2.10. The predicted octanol–water partition coefficient (Wildman–Crippen LogP) is 7.24. The number of nitrogens with one attached hydrogen (secondary N) is 1. The number of amides is 1. The Morgan fingerprint density at radius 2 is 1.63 bits per heavy atom. The van der Waals surface area contributed by atoms with Crippen LogP contribution in [0.4, 0.5) is 5.13 Å². The fourth-order valence-corrected chi connectivity index (χ4v) is 4.75. The van der Waals surface area contributed by atoms with E-state index in [0.29, 0.717) is 10.7 Å². The number of rotatable bonds is 7. The van der Waals surface area contributed by atoms with Crippen LogP contribution in [0.2, 0.25) is 0 Å². The van der Waals surface area contributed by atoms with E-state index in [1.165, 1.54) is 16.9 Å². The first-order chi connectivity index (χ1) is 17.1. The lowest BCUT2D eigenvalue weighted by molar-refractivity contribution is 0.102. The van der Waals surface area contributed by atoms with Crippen LogP contribution in [-0.2, 0) is 6.42 Å². The number of anilines is 1. The molecule has 5 rings (SSSR count). The number of carbonyl (C=O) groups is 1. The number of aryl methyl sites for hydroxylation is 1. The normalized spacial score (nSPS) is 10.9. The van der Waals surface area contributed by atoms with Crippen LogP contribution in [0.15, 0.2) is 84.2 Å². The summed E-state index contributed by atoms with van der Waals surface area (Å²) in [5.74, 6) is 0.560. The van der Waals surface area contributed by atoms with E-state index in [9.17, 15) is 4.79 Å². The first kappa shape index (κ1) is 22.7. The van der Waals surface area contributed by atoms with Crippen LogP contribution in [0.3, 0.4) is 0 Å². The fraction of sp³-hybridized carbons (Fsp3) is 0.138. The standard InChI is InChI=1S/C29H25N3O2S/c1-3-6-19-9-11-21(12-10-19)27-18-35-29(31-27)32-28(33)24-17-26(20-13-15-22(34-2)16-14-20)30-25-8-5-4-7-23(24)25/h4-5,7-18H,3,6H2,1-2H3,(H,31,32,33). The number of methoxy groups -OCH3 is 1. The maximum absolute atomic E-state index is 13.4. The molecule has 1 N–H and O–H groups in total. The molecule has 0 unspecified atom stereocenters. The van der Waals surface area contributed by atoms with Gasteiger partial charge in [0.25, 0.3) is 5.91 Å². The lowest BCUT2D eigenvalue weighted by atomic mass is 10.0. The number of nitrogens with zero attached hydrogens (tertiary/aromatic N) is 2. The zero-order valence-electron chi connectivity index (χ0n) is 19.6. The third-order valence-corrected chi connectivity index (χ3v) is 6.62. The van der Waals surface area contributed by atoms with Crippen molar-refractivity contribution in [2.24, 2.45) is 0 Å². The van der Waals surface area contributed by atoms with Gasteiger partial charge in [0.15, 0.2) is 5.13 Å². The number of thiazole rings is 1. The topological polar surface area (TPSA) is 64.1 Å². The largest absolute Gasteiger partial charge is 0.497 e. The molecule has 0 saturated heterocycles. The molecule has 0 aliphatic rings. The Kier molecular flexibility index (Phi) is 6.55. The monoisotopic (exact) mass is 479 g/mol. The Morgan fingerprint density at radius 1 is 0.914 bits per heavy atom. The van der Waals surface area contributed by atoms with E-state index < -0.39 is 0 Å². The zero-order chi connectivity index (χ0) is 24.2. The van der Waals surface area contributed by atoms with Crippen molar-refractivity contribution in [2.75, 3.05) is 12.4 Å². The highest BCUT2D eigenvalue weighted by atomic mass is 32.1. The minimum absolute atomic E-state index is 0.211. The van der Waals surface area contributed by atoms with E-state index in [-0.39, 0.29) is 5.91 Å². The van der Waals surface area contributed by atoms with E-state index in [1.54, 1.807) is 7.11 Å². The summed E-state index contributed by atoms with van der Waals surface area (Å²) in [5.41, 5.74) is 6.17. The van der Waals surface area contributed by atoms with Crippen molar-refractivity contribution < 1.29 is 9.53 Å². The number of hydrogen-bond acceptors (Lipinski definition) is 5. The highest BCUT2D eigenvalue weighted by Crippen LogP contribution is 2.29. The summed E-state index contributed by atoms with van der Waals surface area (Å²) in [6, 6.07) is 25.6. The highest BCUT2D eigenvalue weighted by Gasteiger charge is 2.16. The van der Waals surface area contributed by atoms with Crippen molar-refractivity contribution in [1.29, 1.82) is 0 Å². The molecule has 2 aromatic heterocycles. The van der Waals surface area contributed by atoms with Gasteiger partial charge >= 0.3 is 0 Å². The molecule has 2 heterocycles. The smallest absolute Gasteiger partial charge is 0.258 e. The Hall–Kier alpha value is -4.03. The van der Waals surface area contributed by atoms with Crippen molar-refractivity contribution in [3.63, 3.8) is 0 Å². The van der Waals surface area contributed by atoms with Gasteiger partial charge in [0, 0.05) is 21.9 Å². The number of pyridine rings is 1. The summed E-state index contributed by atoms with van der Waals surface area (Å²) >= 11 is 1.42. The van der Waals surface area contributed by atoms with Crippen molar-refractivity contribution in [1.82, 2.24) is 9.97 Å². The van der Waals surface area contributed by atoms with Gasteiger partial charge in [-0.25, -0.2) is 9.97 Å². The number of aromatic nitrogens is 2. The average Bonchev–Trinajstić information content (AvgIpc) is 3.37. The molecular weight excluding hydrogens is 454 g/mol. The molecule has 0 radical (unpaired) electrons. The molecular formula is C29H25N3O2S. The summed E-state index contributed by atoms with van der Waals surface area (Å²) in [7, 11) is 1.64. The minimum Gasteiger partial charge on any atom is -0.497 e. The lowest BCUT2D eigenvalue weighted by Crippen LogP contribution is -2.13. The summed E-state index contributed by atoms with van der Waals surface area (Å²) in [5, 5.41) is 6.32. The maximum atomic E-state index is 13.4. The third kappa shape index (κ3) is 4.93. The van der Waals surface area contributed by atoms with Gasteiger partial charge in [-0.05, 0) is 48.4 Å². The Labute approximate surface area is 208 Å². The Morgan fingerprint density at radius 3 is 2.37 bits per heavy atom. The first-order valence-electron chi connectivity index (χ1n) is 11.5. The predicted molar refractivity (Wildman–Crippen MR) is 143 cm³/mol. The van der Waals surface area contributed by atoms with Crippen LogP contribution in [0.1, 0.15) is 29.3 Å². The van der Waals surface area contributed by atoms with Gasteiger partial charge in [-0.2, -0.15) is 0 Å². The summed E-state index contributed by atoms with van der Waals surface area (Å²) in [6.45, 7) is 2.18. The summed E-state index contributed by atoms with van der Waals surface area (Å²) in [4.78, 5) is 22.8. The summed E-state index contributed by atoms with van der Waals surface area (Å²) in [6.07, 6.45) is 2.19. The maximum Gasteiger partial charge on any atom is 0.258 e. The molecule has 0 spiro atoms. The zero-order valence-corrected chi connectivity index (χ0v) is 20.4. The second kappa shape index (κ2) is 10.1. The summed E-state index contributed by atoms with van der Waals surface area (Å²) < 4.78 is 5.26.